The third-order valence-electron chi connectivity index (χ3n) is 3.23. The minimum atomic E-state index is -0.294. The fraction of sp³-hybridized carbons (Fsp3) is 0.133. The van der Waals surface area contributed by atoms with Gasteiger partial charge >= 0.3 is 0 Å². The summed E-state index contributed by atoms with van der Waals surface area (Å²) in [6.45, 7) is 0.468. The quantitative estimate of drug-likeness (QED) is 0.672. The average molecular weight is 282 g/mol. The largest absolute Gasteiger partial charge is 0.350 e. The molecule has 6 heteroatoms. The Hall–Kier alpha value is -2.89. The molecule has 0 spiro atoms. The fourth-order valence-corrected chi connectivity index (χ4v) is 2.16. The van der Waals surface area contributed by atoms with Gasteiger partial charge in [0.05, 0.1) is 6.33 Å². The second-order valence-electron chi connectivity index (χ2n) is 4.68. The lowest BCUT2D eigenvalue weighted by molar-refractivity contribution is 0.0949. The number of imidazole rings is 1. The Morgan fingerprint density at radius 3 is 2.95 bits per heavy atom. The number of nitrogens with zero attached hydrogens (tertiary/aromatic N) is 1. The van der Waals surface area contributed by atoms with Crippen molar-refractivity contribution < 1.29 is 4.79 Å². The summed E-state index contributed by atoms with van der Waals surface area (Å²) in [6, 6.07) is 8.85. The van der Waals surface area contributed by atoms with Gasteiger partial charge in [0.1, 0.15) is 5.69 Å². The van der Waals surface area contributed by atoms with Crippen LogP contribution < -0.4 is 10.9 Å². The highest BCUT2D eigenvalue weighted by atomic mass is 16.2. The first-order valence-corrected chi connectivity index (χ1v) is 6.61. The molecule has 0 atom stereocenters. The number of carbonyl (C=O) groups excluding carboxylic acids is 1. The van der Waals surface area contributed by atoms with Gasteiger partial charge < -0.3 is 15.3 Å². The SMILES string of the molecule is O=C(NCCc1cnc[nH]1)c1cc2ccccc2c(=O)[nH]1. The van der Waals surface area contributed by atoms with Crippen molar-refractivity contribution in [3.63, 3.8) is 0 Å². The van der Waals surface area contributed by atoms with E-state index in [9.17, 15) is 9.59 Å². The summed E-state index contributed by atoms with van der Waals surface area (Å²) in [7, 11) is 0. The van der Waals surface area contributed by atoms with E-state index >= 15 is 0 Å². The summed E-state index contributed by atoms with van der Waals surface area (Å²) >= 11 is 0. The summed E-state index contributed by atoms with van der Waals surface area (Å²) < 4.78 is 0. The Bertz CT molecular complexity index is 821. The number of rotatable bonds is 4. The lowest BCUT2D eigenvalue weighted by Gasteiger charge is -2.05. The van der Waals surface area contributed by atoms with Gasteiger partial charge in [0.15, 0.2) is 0 Å². The lowest BCUT2D eigenvalue weighted by atomic mass is 10.1. The van der Waals surface area contributed by atoms with Crippen LogP contribution >= 0.6 is 0 Å². The first-order chi connectivity index (χ1) is 10.2. The molecule has 0 radical (unpaired) electrons. The van der Waals surface area contributed by atoms with Crippen LogP contribution in [0.5, 0.6) is 0 Å². The second kappa shape index (κ2) is 5.62. The maximum absolute atomic E-state index is 12.1. The molecular weight excluding hydrogens is 268 g/mol. The van der Waals surface area contributed by atoms with E-state index in [4.69, 9.17) is 0 Å². The number of hydrogen-bond donors (Lipinski definition) is 3. The maximum Gasteiger partial charge on any atom is 0.267 e. The zero-order chi connectivity index (χ0) is 14.7. The third kappa shape index (κ3) is 2.84. The highest BCUT2D eigenvalue weighted by Crippen LogP contribution is 2.09. The van der Waals surface area contributed by atoms with Crippen LogP contribution in [0.25, 0.3) is 10.8 Å². The van der Waals surface area contributed by atoms with Gasteiger partial charge in [-0.05, 0) is 17.5 Å². The van der Waals surface area contributed by atoms with Gasteiger partial charge in [-0.25, -0.2) is 4.98 Å². The van der Waals surface area contributed by atoms with Crippen LogP contribution in [0.3, 0.4) is 0 Å². The van der Waals surface area contributed by atoms with E-state index in [1.54, 1.807) is 30.7 Å². The zero-order valence-electron chi connectivity index (χ0n) is 11.2. The van der Waals surface area contributed by atoms with Gasteiger partial charge in [0, 0.05) is 30.2 Å². The lowest BCUT2D eigenvalue weighted by Crippen LogP contribution is -2.28. The topological polar surface area (TPSA) is 90.6 Å². The molecule has 21 heavy (non-hydrogen) atoms. The number of H-pyrrole nitrogens is 2. The second-order valence-corrected chi connectivity index (χ2v) is 4.68. The molecule has 0 aliphatic carbocycles. The Labute approximate surface area is 120 Å². The third-order valence-corrected chi connectivity index (χ3v) is 3.23. The molecule has 0 bridgehead atoms. The Kier molecular flexibility index (Phi) is 3.51. The first-order valence-electron chi connectivity index (χ1n) is 6.61. The van der Waals surface area contributed by atoms with Crippen molar-refractivity contribution in [2.75, 3.05) is 6.54 Å². The van der Waals surface area contributed by atoms with Gasteiger partial charge in [-0.15, -0.1) is 0 Å². The normalized spacial score (nSPS) is 10.7. The van der Waals surface area contributed by atoms with E-state index in [1.165, 1.54) is 0 Å². The van der Waals surface area contributed by atoms with Gasteiger partial charge in [-0.1, -0.05) is 18.2 Å². The van der Waals surface area contributed by atoms with E-state index in [2.05, 4.69) is 20.3 Å². The number of pyridine rings is 1. The molecule has 0 saturated carbocycles. The summed E-state index contributed by atoms with van der Waals surface area (Å²) in [4.78, 5) is 33.5. The van der Waals surface area contributed by atoms with Crippen molar-refractivity contribution in [2.45, 2.75) is 6.42 Å². The minimum Gasteiger partial charge on any atom is -0.350 e. The Balaban J connectivity index is 1.74. The van der Waals surface area contributed by atoms with Crippen molar-refractivity contribution in [3.05, 3.63) is 64.6 Å². The van der Waals surface area contributed by atoms with Crippen LogP contribution in [0.2, 0.25) is 0 Å². The number of hydrogen-bond acceptors (Lipinski definition) is 3. The Morgan fingerprint density at radius 2 is 2.14 bits per heavy atom. The van der Waals surface area contributed by atoms with E-state index in [-0.39, 0.29) is 17.2 Å². The molecule has 2 aromatic heterocycles. The first kappa shape index (κ1) is 13.1. The number of benzene rings is 1. The number of aromatic nitrogens is 3. The maximum atomic E-state index is 12.1. The Morgan fingerprint density at radius 1 is 1.29 bits per heavy atom. The van der Waals surface area contributed by atoms with Crippen molar-refractivity contribution in [1.29, 1.82) is 0 Å². The van der Waals surface area contributed by atoms with E-state index in [0.717, 1.165) is 11.1 Å². The molecule has 6 nitrogen and oxygen atoms in total. The van der Waals surface area contributed by atoms with Crippen LogP contribution in [0.1, 0.15) is 16.2 Å². The molecule has 3 N–H and O–H groups in total. The standard InChI is InChI=1S/C15H14N4O2/c20-14-12-4-2-1-3-10(12)7-13(19-14)15(21)17-6-5-11-8-16-9-18-11/h1-4,7-9H,5-6H2,(H,16,18)(H,17,21)(H,19,20). The molecule has 0 aliphatic rings. The van der Waals surface area contributed by atoms with Crippen LogP contribution in [-0.4, -0.2) is 27.4 Å². The summed E-state index contributed by atoms with van der Waals surface area (Å²) in [6.07, 6.45) is 3.96. The molecule has 0 unspecified atom stereocenters. The molecule has 0 aliphatic heterocycles. The van der Waals surface area contributed by atoms with Crippen molar-refractivity contribution in [2.24, 2.45) is 0 Å². The minimum absolute atomic E-state index is 0.258. The van der Waals surface area contributed by atoms with Gasteiger partial charge in [-0.2, -0.15) is 0 Å². The van der Waals surface area contributed by atoms with Gasteiger partial charge in [-0.3, -0.25) is 9.59 Å². The van der Waals surface area contributed by atoms with Crippen LogP contribution in [0.4, 0.5) is 0 Å². The predicted molar refractivity (Wildman–Crippen MR) is 79.2 cm³/mol. The van der Waals surface area contributed by atoms with E-state index < -0.39 is 0 Å². The monoisotopic (exact) mass is 282 g/mol. The van der Waals surface area contributed by atoms with Crippen molar-refractivity contribution in [3.8, 4) is 0 Å². The van der Waals surface area contributed by atoms with E-state index in [0.29, 0.717) is 18.4 Å². The highest BCUT2D eigenvalue weighted by molar-refractivity contribution is 5.96. The summed E-state index contributed by atoms with van der Waals surface area (Å²) in [5.74, 6) is -0.294. The van der Waals surface area contributed by atoms with E-state index in [1.807, 2.05) is 12.1 Å². The molecule has 1 amide bonds. The number of nitrogens with one attached hydrogen (secondary N) is 3. The van der Waals surface area contributed by atoms with Crippen molar-refractivity contribution >= 4 is 16.7 Å². The number of fused-ring (bicyclic) bond motifs is 1. The molecule has 3 rings (SSSR count). The number of carbonyl (C=O) groups is 1. The molecule has 0 saturated heterocycles. The summed E-state index contributed by atoms with van der Waals surface area (Å²) in [5, 5.41) is 4.10. The number of aromatic amines is 2. The highest BCUT2D eigenvalue weighted by Gasteiger charge is 2.08. The molecule has 106 valence electrons. The fourth-order valence-electron chi connectivity index (χ4n) is 2.16. The molecule has 0 fully saturated rings. The zero-order valence-corrected chi connectivity index (χ0v) is 11.2. The molecule has 2 heterocycles. The predicted octanol–water partition coefficient (Wildman–Crippen LogP) is 1.22. The van der Waals surface area contributed by atoms with Crippen LogP contribution in [0.15, 0.2) is 47.7 Å². The molecule has 1 aromatic carbocycles. The summed E-state index contributed by atoms with van der Waals surface area (Å²) in [5.41, 5.74) is 0.956. The van der Waals surface area contributed by atoms with Crippen molar-refractivity contribution in [1.82, 2.24) is 20.3 Å². The van der Waals surface area contributed by atoms with Crippen LogP contribution in [0, 0.1) is 0 Å². The average Bonchev–Trinajstić information content (AvgIpc) is 3.00. The van der Waals surface area contributed by atoms with Gasteiger partial charge in [0.25, 0.3) is 11.5 Å². The smallest absolute Gasteiger partial charge is 0.267 e. The molecular formula is C15H14N4O2. The van der Waals surface area contributed by atoms with Gasteiger partial charge in [0.2, 0.25) is 0 Å². The van der Waals surface area contributed by atoms with Crippen LogP contribution in [-0.2, 0) is 6.42 Å². The molecule has 3 aromatic rings. The number of amides is 1.